The summed E-state index contributed by atoms with van der Waals surface area (Å²) < 4.78 is 4.87. The predicted octanol–water partition coefficient (Wildman–Crippen LogP) is 1.13. The second-order valence-corrected chi connectivity index (χ2v) is 3.42. The topological polar surface area (TPSA) is 63.6 Å². The highest BCUT2D eigenvalue weighted by Crippen LogP contribution is 2.30. The van der Waals surface area contributed by atoms with Crippen LogP contribution in [0.5, 0.6) is 0 Å². The van der Waals surface area contributed by atoms with Crippen LogP contribution in [0.4, 0.5) is 0 Å². The summed E-state index contributed by atoms with van der Waals surface area (Å²) in [7, 11) is 0. The first-order chi connectivity index (χ1) is 6.41. The fourth-order valence-electron chi connectivity index (χ4n) is 1.23. The van der Waals surface area contributed by atoms with Crippen molar-refractivity contribution in [3.63, 3.8) is 0 Å². The Bertz CT molecular complexity index is 329. The minimum absolute atomic E-state index is 0.316. The third-order valence-corrected chi connectivity index (χ3v) is 2.48. The Labute approximate surface area is 81.9 Å². The SMILES string of the molecule is C=CC1=C[C@H](C)[C@@](C)(C(=O)O)OC1=O. The van der Waals surface area contributed by atoms with E-state index < -0.39 is 17.5 Å². The Balaban J connectivity index is 3.11. The van der Waals surface area contributed by atoms with Crippen LogP contribution in [-0.4, -0.2) is 22.6 Å². The minimum Gasteiger partial charge on any atom is -0.478 e. The standard InChI is InChI=1S/C10H12O4/c1-4-7-5-6(2)10(3,9(12)13)14-8(7)11/h4-6H,1H2,2-3H3,(H,12,13)/t6-,10-/m0/s1. The number of hydrogen-bond donors (Lipinski definition) is 1. The molecule has 4 heteroatoms. The number of carbonyl (C=O) groups excluding carboxylic acids is 1. The minimum atomic E-state index is -1.47. The number of ether oxygens (including phenoxy) is 1. The third-order valence-electron chi connectivity index (χ3n) is 2.48. The maximum Gasteiger partial charge on any atom is 0.348 e. The highest BCUT2D eigenvalue weighted by atomic mass is 16.6. The zero-order chi connectivity index (χ0) is 10.9. The molecular weight excluding hydrogens is 184 g/mol. The molecule has 0 aromatic heterocycles. The lowest BCUT2D eigenvalue weighted by Gasteiger charge is -2.33. The Kier molecular flexibility index (Phi) is 2.47. The van der Waals surface area contributed by atoms with E-state index in [1.165, 1.54) is 13.0 Å². The summed E-state index contributed by atoms with van der Waals surface area (Å²) in [5.41, 5.74) is -1.15. The molecule has 0 bridgehead atoms. The van der Waals surface area contributed by atoms with Gasteiger partial charge in [0.2, 0.25) is 5.60 Å². The van der Waals surface area contributed by atoms with Crippen LogP contribution in [0.3, 0.4) is 0 Å². The number of carbonyl (C=O) groups is 2. The highest BCUT2D eigenvalue weighted by molar-refractivity contribution is 5.95. The van der Waals surface area contributed by atoms with Crippen molar-refractivity contribution in [3.8, 4) is 0 Å². The molecule has 1 aliphatic rings. The smallest absolute Gasteiger partial charge is 0.348 e. The van der Waals surface area contributed by atoms with Gasteiger partial charge >= 0.3 is 11.9 Å². The van der Waals surface area contributed by atoms with Crippen molar-refractivity contribution in [1.29, 1.82) is 0 Å². The maximum atomic E-state index is 11.3. The van der Waals surface area contributed by atoms with E-state index >= 15 is 0 Å². The van der Waals surface area contributed by atoms with Crippen LogP contribution in [0.1, 0.15) is 13.8 Å². The molecule has 1 aliphatic heterocycles. The van der Waals surface area contributed by atoms with Crippen LogP contribution in [0.25, 0.3) is 0 Å². The van der Waals surface area contributed by atoms with Gasteiger partial charge in [-0.3, -0.25) is 0 Å². The van der Waals surface area contributed by atoms with Crippen LogP contribution in [0.15, 0.2) is 24.3 Å². The lowest BCUT2D eigenvalue weighted by molar-refractivity contribution is -0.179. The molecule has 0 amide bonds. The van der Waals surface area contributed by atoms with Gasteiger partial charge in [-0.15, -0.1) is 0 Å². The predicted molar refractivity (Wildman–Crippen MR) is 49.6 cm³/mol. The molecule has 0 saturated heterocycles. The van der Waals surface area contributed by atoms with Crippen molar-refractivity contribution in [2.24, 2.45) is 5.92 Å². The second-order valence-electron chi connectivity index (χ2n) is 3.42. The average Bonchev–Trinajstić information content (AvgIpc) is 2.11. The molecule has 1 N–H and O–H groups in total. The summed E-state index contributed by atoms with van der Waals surface area (Å²) in [6.07, 6.45) is 2.92. The number of hydrogen-bond acceptors (Lipinski definition) is 3. The zero-order valence-electron chi connectivity index (χ0n) is 8.11. The molecule has 0 radical (unpaired) electrons. The number of aliphatic carboxylic acids is 1. The van der Waals surface area contributed by atoms with Gasteiger partial charge in [0.1, 0.15) is 0 Å². The largest absolute Gasteiger partial charge is 0.478 e. The van der Waals surface area contributed by atoms with Crippen LogP contribution in [0.2, 0.25) is 0 Å². The van der Waals surface area contributed by atoms with E-state index in [2.05, 4.69) is 6.58 Å². The normalized spacial score (nSPS) is 31.7. The molecule has 1 heterocycles. The van der Waals surface area contributed by atoms with Gasteiger partial charge in [-0.25, -0.2) is 9.59 Å². The van der Waals surface area contributed by atoms with E-state index in [-0.39, 0.29) is 5.92 Å². The molecule has 1 rings (SSSR count). The van der Waals surface area contributed by atoms with Gasteiger partial charge in [-0.05, 0) is 6.92 Å². The zero-order valence-corrected chi connectivity index (χ0v) is 8.11. The number of cyclic esters (lactones) is 1. The second kappa shape index (κ2) is 3.29. The first-order valence-corrected chi connectivity index (χ1v) is 4.23. The van der Waals surface area contributed by atoms with Crippen molar-refractivity contribution in [2.45, 2.75) is 19.4 Å². The van der Waals surface area contributed by atoms with Gasteiger partial charge in [0.25, 0.3) is 0 Å². The Morgan fingerprint density at radius 2 is 2.36 bits per heavy atom. The summed E-state index contributed by atoms with van der Waals surface area (Å²) >= 11 is 0. The first-order valence-electron chi connectivity index (χ1n) is 4.23. The first kappa shape index (κ1) is 10.5. The number of carboxylic acids is 1. The monoisotopic (exact) mass is 196 g/mol. The van der Waals surface area contributed by atoms with Crippen molar-refractivity contribution in [3.05, 3.63) is 24.3 Å². The van der Waals surface area contributed by atoms with E-state index in [9.17, 15) is 9.59 Å². The molecule has 0 unspecified atom stereocenters. The third kappa shape index (κ3) is 1.43. The quantitative estimate of drug-likeness (QED) is 0.672. The Hall–Kier alpha value is -1.58. The Morgan fingerprint density at radius 3 is 2.79 bits per heavy atom. The molecule has 0 aromatic carbocycles. The summed E-state index contributed by atoms with van der Waals surface area (Å²) in [6, 6.07) is 0. The molecule has 0 spiro atoms. The van der Waals surface area contributed by atoms with Gasteiger partial charge in [-0.1, -0.05) is 25.7 Å². The van der Waals surface area contributed by atoms with E-state index in [0.29, 0.717) is 5.57 Å². The summed E-state index contributed by atoms with van der Waals surface area (Å²) in [5.74, 6) is -2.15. The molecule has 14 heavy (non-hydrogen) atoms. The van der Waals surface area contributed by atoms with E-state index in [1.807, 2.05) is 0 Å². The molecule has 2 atom stereocenters. The summed E-state index contributed by atoms with van der Waals surface area (Å²) in [5, 5.41) is 8.91. The van der Waals surface area contributed by atoms with Crippen molar-refractivity contribution < 1.29 is 19.4 Å². The van der Waals surface area contributed by atoms with E-state index in [1.54, 1.807) is 13.0 Å². The number of carboxylic acid groups (broad SMARTS) is 1. The lowest BCUT2D eigenvalue weighted by Crippen LogP contribution is -2.48. The number of esters is 1. The van der Waals surface area contributed by atoms with Gasteiger partial charge in [0.05, 0.1) is 5.57 Å². The van der Waals surface area contributed by atoms with Crippen molar-refractivity contribution in [2.75, 3.05) is 0 Å². The summed E-state index contributed by atoms with van der Waals surface area (Å²) in [6.45, 7) is 6.51. The van der Waals surface area contributed by atoms with Crippen LogP contribution in [-0.2, 0) is 14.3 Å². The molecule has 0 fully saturated rings. The fourth-order valence-corrected chi connectivity index (χ4v) is 1.23. The molecule has 4 nitrogen and oxygen atoms in total. The van der Waals surface area contributed by atoms with Crippen LogP contribution < -0.4 is 0 Å². The van der Waals surface area contributed by atoms with Crippen molar-refractivity contribution >= 4 is 11.9 Å². The summed E-state index contributed by atoms with van der Waals surface area (Å²) in [4.78, 5) is 22.2. The van der Waals surface area contributed by atoms with Crippen LogP contribution >= 0.6 is 0 Å². The van der Waals surface area contributed by atoms with Crippen LogP contribution in [0, 0.1) is 5.92 Å². The average molecular weight is 196 g/mol. The fraction of sp³-hybridized carbons (Fsp3) is 0.400. The molecule has 0 saturated carbocycles. The van der Waals surface area contributed by atoms with Crippen molar-refractivity contribution in [1.82, 2.24) is 0 Å². The van der Waals surface area contributed by atoms with Gasteiger partial charge < -0.3 is 9.84 Å². The van der Waals surface area contributed by atoms with Gasteiger partial charge in [0.15, 0.2) is 0 Å². The van der Waals surface area contributed by atoms with Gasteiger partial charge in [0, 0.05) is 5.92 Å². The Morgan fingerprint density at radius 1 is 1.79 bits per heavy atom. The molecule has 76 valence electrons. The lowest BCUT2D eigenvalue weighted by atomic mass is 9.86. The molecule has 0 aromatic rings. The van der Waals surface area contributed by atoms with E-state index in [0.717, 1.165) is 0 Å². The highest BCUT2D eigenvalue weighted by Gasteiger charge is 2.45. The molecular formula is C10H12O4. The maximum absolute atomic E-state index is 11.3. The van der Waals surface area contributed by atoms with Gasteiger partial charge in [-0.2, -0.15) is 0 Å². The van der Waals surface area contributed by atoms with E-state index in [4.69, 9.17) is 9.84 Å². The number of rotatable bonds is 2. The molecule has 0 aliphatic carbocycles.